The summed E-state index contributed by atoms with van der Waals surface area (Å²) in [5.74, 6) is 1.71. The summed E-state index contributed by atoms with van der Waals surface area (Å²) in [6, 6.07) is 7.98. The fourth-order valence-electron chi connectivity index (χ4n) is 3.92. The van der Waals surface area contributed by atoms with Gasteiger partial charge in [0.2, 0.25) is 5.91 Å². The molecule has 0 saturated carbocycles. The second-order valence-corrected chi connectivity index (χ2v) is 8.86. The van der Waals surface area contributed by atoms with E-state index in [4.69, 9.17) is 4.42 Å². The molecule has 3 aromatic rings. The first kappa shape index (κ1) is 18.1. The standard InChI is InChI=1S/C20H24N4O2S/c1-12-8-13(2)11-24(10-12)19(25)14(3)27-20-23-22-18(26-20)16-9-21-17-7-5-4-6-15(16)17/h4-7,9,12-14,21H,8,10-11H2,1-3H3. The van der Waals surface area contributed by atoms with Crippen LogP contribution in [0.5, 0.6) is 0 Å². The molecule has 2 aromatic heterocycles. The van der Waals surface area contributed by atoms with E-state index in [0.717, 1.165) is 29.6 Å². The van der Waals surface area contributed by atoms with E-state index in [1.807, 2.05) is 42.3 Å². The third-order valence-corrected chi connectivity index (χ3v) is 5.95. The number of aromatic amines is 1. The second-order valence-electron chi connectivity index (χ2n) is 7.57. The number of aromatic nitrogens is 3. The van der Waals surface area contributed by atoms with Crippen LogP contribution in [0.3, 0.4) is 0 Å². The minimum Gasteiger partial charge on any atom is -0.411 e. The number of nitrogens with zero attached hydrogens (tertiary/aromatic N) is 3. The molecule has 1 aliphatic heterocycles. The Bertz CT molecular complexity index is 940. The number of fused-ring (bicyclic) bond motifs is 1. The van der Waals surface area contributed by atoms with Crippen molar-refractivity contribution in [1.29, 1.82) is 0 Å². The number of carbonyl (C=O) groups excluding carboxylic acids is 1. The fourth-order valence-corrected chi connectivity index (χ4v) is 4.68. The first-order chi connectivity index (χ1) is 13.0. The summed E-state index contributed by atoms with van der Waals surface area (Å²) in [5, 5.41) is 9.53. The molecule has 1 fully saturated rings. The normalized spacial score (nSPS) is 21.5. The largest absolute Gasteiger partial charge is 0.411 e. The second kappa shape index (κ2) is 7.38. The molecule has 1 aromatic carbocycles. The van der Waals surface area contributed by atoms with Gasteiger partial charge in [0.1, 0.15) is 0 Å². The molecule has 3 heterocycles. The van der Waals surface area contributed by atoms with E-state index in [-0.39, 0.29) is 11.2 Å². The van der Waals surface area contributed by atoms with Crippen molar-refractivity contribution in [2.45, 2.75) is 37.7 Å². The van der Waals surface area contributed by atoms with E-state index >= 15 is 0 Å². The van der Waals surface area contributed by atoms with E-state index in [2.05, 4.69) is 29.0 Å². The minimum absolute atomic E-state index is 0.144. The van der Waals surface area contributed by atoms with Crippen LogP contribution in [0.25, 0.3) is 22.4 Å². The van der Waals surface area contributed by atoms with Gasteiger partial charge in [-0.25, -0.2) is 0 Å². The molecular formula is C20H24N4O2S. The fraction of sp³-hybridized carbons (Fsp3) is 0.450. The zero-order chi connectivity index (χ0) is 19.0. The number of benzene rings is 1. The highest BCUT2D eigenvalue weighted by molar-refractivity contribution is 8.00. The quantitative estimate of drug-likeness (QED) is 0.682. The molecule has 3 unspecified atom stereocenters. The number of hydrogen-bond acceptors (Lipinski definition) is 5. The van der Waals surface area contributed by atoms with Gasteiger partial charge in [-0.1, -0.05) is 43.8 Å². The van der Waals surface area contributed by atoms with Gasteiger partial charge in [-0.15, -0.1) is 10.2 Å². The molecule has 142 valence electrons. The summed E-state index contributed by atoms with van der Waals surface area (Å²) in [7, 11) is 0. The van der Waals surface area contributed by atoms with Crippen LogP contribution in [0.1, 0.15) is 27.2 Å². The van der Waals surface area contributed by atoms with Crippen LogP contribution in [0.2, 0.25) is 0 Å². The Morgan fingerprint density at radius 3 is 2.78 bits per heavy atom. The van der Waals surface area contributed by atoms with E-state index in [0.29, 0.717) is 22.9 Å². The van der Waals surface area contributed by atoms with Gasteiger partial charge in [-0.3, -0.25) is 4.79 Å². The van der Waals surface area contributed by atoms with Crippen molar-refractivity contribution in [3.63, 3.8) is 0 Å². The molecule has 4 rings (SSSR count). The summed E-state index contributed by atoms with van der Waals surface area (Å²) < 4.78 is 5.84. The van der Waals surface area contributed by atoms with Crippen molar-refractivity contribution in [1.82, 2.24) is 20.1 Å². The number of amides is 1. The monoisotopic (exact) mass is 384 g/mol. The van der Waals surface area contributed by atoms with Crippen molar-refractivity contribution in [2.24, 2.45) is 11.8 Å². The number of rotatable bonds is 4. The average Bonchev–Trinajstić information content (AvgIpc) is 3.26. The third-order valence-electron chi connectivity index (χ3n) is 5.03. The van der Waals surface area contributed by atoms with Gasteiger partial charge in [0, 0.05) is 30.2 Å². The molecule has 7 heteroatoms. The Kier molecular flexibility index (Phi) is 4.95. The lowest BCUT2D eigenvalue weighted by atomic mass is 9.92. The van der Waals surface area contributed by atoms with Crippen molar-refractivity contribution < 1.29 is 9.21 Å². The first-order valence-electron chi connectivity index (χ1n) is 9.36. The maximum absolute atomic E-state index is 12.8. The minimum atomic E-state index is -0.251. The molecule has 1 amide bonds. The molecule has 0 bridgehead atoms. The summed E-state index contributed by atoms with van der Waals surface area (Å²) in [6.07, 6.45) is 3.06. The lowest BCUT2D eigenvalue weighted by molar-refractivity contribution is -0.132. The maximum atomic E-state index is 12.8. The Hall–Kier alpha value is -2.28. The number of likely N-dealkylation sites (tertiary alicyclic amines) is 1. The highest BCUT2D eigenvalue weighted by Crippen LogP contribution is 2.31. The zero-order valence-electron chi connectivity index (χ0n) is 15.8. The lowest BCUT2D eigenvalue weighted by Crippen LogP contribution is -2.45. The Balaban J connectivity index is 1.47. The van der Waals surface area contributed by atoms with Gasteiger partial charge in [0.05, 0.1) is 10.8 Å². The molecule has 3 atom stereocenters. The summed E-state index contributed by atoms with van der Waals surface area (Å²) in [6.45, 7) is 7.99. The lowest BCUT2D eigenvalue weighted by Gasteiger charge is -2.36. The molecule has 6 nitrogen and oxygen atoms in total. The number of thioether (sulfide) groups is 1. The Morgan fingerprint density at radius 2 is 2.00 bits per heavy atom. The van der Waals surface area contributed by atoms with E-state index < -0.39 is 0 Å². The maximum Gasteiger partial charge on any atom is 0.277 e. The number of piperidine rings is 1. The van der Waals surface area contributed by atoms with Gasteiger partial charge in [-0.05, 0) is 31.2 Å². The number of nitrogens with one attached hydrogen (secondary N) is 1. The van der Waals surface area contributed by atoms with Crippen LogP contribution in [0.4, 0.5) is 0 Å². The zero-order valence-corrected chi connectivity index (χ0v) is 16.6. The van der Waals surface area contributed by atoms with Gasteiger partial charge in [0.25, 0.3) is 11.1 Å². The van der Waals surface area contributed by atoms with Crippen LogP contribution in [0, 0.1) is 11.8 Å². The van der Waals surface area contributed by atoms with Gasteiger partial charge in [-0.2, -0.15) is 0 Å². The predicted molar refractivity (Wildman–Crippen MR) is 106 cm³/mol. The molecule has 1 aliphatic rings. The van der Waals surface area contributed by atoms with Crippen molar-refractivity contribution in [2.75, 3.05) is 13.1 Å². The molecule has 0 aliphatic carbocycles. The molecular weight excluding hydrogens is 360 g/mol. The van der Waals surface area contributed by atoms with E-state index in [1.165, 1.54) is 18.2 Å². The van der Waals surface area contributed by atoms with Gasteiger partial charge >= 0.3 is 0 Å². The topological polar surface area (TPSA) is 75.0 Å². The summed E-state index contributed by atoms with van der Waals surface area (Å²) in [5.41, 5.74) is 1.90. The number of carbonyl (C=O) groups is 1. The Morgan fingerprint density at radius 1 is 1.26 bits per heavy atom. The van der Waals surface area contributed by atoms with Crippen LogP contribution >= 0.6 is 11.8 Å². The predicted octanol–water partition coefficient (Wildman–Crippen LogP) is 4.20. The van der Waals surface area contributed by atoms with Gasteiger partial charge < -0.3 is 14.3 Å². The van der Waals surface area contributed by atoms with E-state index in [9.17, 15) is 4.79 Å². The first-order valence-corrected chi connectivity index (χ1v) is 10.2. The average molecular weight is 385 g/mol. The molecule has 27 heavy (non-hydrogen) atoms. The van der Waals surface area contributed by atoms with Crippen LogP contribution < -0.4 is 0 Å². The van der Waals surface area contributed by atoms with Crippen LogP contribution in [0.15, 0.2) is 40.1 Å². The smallest absolute Gasteiger partial charge is 0.277 e. The molecule has 1 N–H and O–H groups in total. The highest BCUT2D eigenvalue weighted by atomic mass is 32.2. The summed E-state index contributed by atoms with van der Waals surface area (Å²) in [4.78, 5) is 18.0. The molecule has 0 radical (unpaired) electrons. The van der Waals surface area contributed by atoms with Crippen LogP contribution in [-0.4, -0.2) is 44.3 Å². The SMILES string of the molecule is CC1CC(C)CN(C(=O)C(C)Sc2nnc(-c3c[nH]c4ccccc34)o2)C1. The number of hydrogen-bond donors (Lipinski definition) is 1. The summed E-state index contributed by atoms with van der Waals surface area (Å²) >= 11 is 1.33. The highest BCUT2D eigenvalue weighted by Gasteiger charge is 2.29. The van der Waals surface area contributed by atoms with Crippen molar-refractivity contribution in [3.8, 4) is 11.5 Å². The Labute approximate surface area is 162 Å². The third kappa shape index (κ3) is 3.74. The number of para-hydroxylation sites is 1. The van der Waals surface area contributed by atoms with Crippen molar-refractivity contribution in [3.05, 3.63) is 30.5 Å². The molecule has 1 saturated heterocycles. The van der Waals surface area contributed by atoms with Crippen molar-refractivity contribution >= 4 is 28.6 Å². The van der Waals surface area contributed by atoms with Gasteiger partial charge in [0.15, 0.2) is 0 Å². The number of H-pyrrole nitrogens is 1. The molecule has 0 spiro atoms. The van der Waals surface area contributed by atoms with E-state index in [1.54, 1.807) is 0 Å². The van der Waals surface area contributed by atoms with Crippen LogP contribution in [-0.2, 0) is 4.79 Å².